The highest BCUT2D eigenvalue weighted by atomic mass is 32.1. The minimum atomic E-state index is -0.572. The summed E-state index contributed by atoms with van der Waals surface area (Å²) in [4.78, 5) is 26.9. The molecule has 0 aliphatic carbocycles. The maximum Gasteiger partial charge on any atom is 0.245 e. The fourth-order valence-electron chi connectivity index (χ4n) is 2.48. The molecule has 1 unspecified atom stereocenters. The molecule has 6 heteroatoms. The first-order chi connectivity index (χ1) is 11.5. The third kappa shape index (κ3) is 4.83. The van der Waals surface area contributed by atoms with Gasteiger partial charge >= 0.3 is 0 Å². The van der Waals surface area contributed by atoms with Gasteiger partial charge in [-0.3, -0.25) is 9.59 Å². The summed E-state index contributed by atoms with van der Waals surface area (Å²) in [6.45, 7) is 4.03. The Bertz CT molecular complexity index is 685. The molecule has 0 saturated carbocycles. The van der Waals surface area contributed by atoms with Crippen molar-refractivity contribution in [2.75, 3.05) is 7.11 Å². The van der Waals surface area contributed by atoms with Crippen LogP contribution in [0.25, 0.3) is 0 Å². The van der Waals surface area contributed by atoms with Crippen LogP contribution < -0.4 is 10.1 Å². The van der Waals surface area contributed by atoms with Gasteiger partial charge in [-0.1, -0.05) is 24.3 Å². The van der Waals surface area contributed by atoms with Crippen molar-refractivity contribution < 1.29 is 14.3 Å². The number of carbonyl (C=O) groups excluding carboxylic acids is 2. The second-order valence-corrected chi connectivity index (χ2v) is 6.54. The van der Waals surface area contributed by atoms with Gasteiger partial charge in [-0.25, -0.2) is 0 Å². The van der Waals surface area contributed by atoms with Crippen LogP contribution in [0.1, 0.15) is 24.3 Å². The molecule has 5 nitrogen and oxygen atoms in total. The Kier molecular flexibility index (Phi) is 6.37. The first kappa shape index (κ1) is 18.0. The number of hydrogen-bond acceptors (Lipinski definition) is 4. The van der Waals surface area contributed by atoms with Crippen molar-refractivity contribution in [1.82, 2.24) is 10.2 Å². The van der Waals surface area contributed by atoms with Crippen LogP contribution in [-0.2, 0) is 22.7 Å². The lowest BCUT2D eigenvalue weighted by Crippen LogP contribution is -2.45. The van der Waals surface area contributed by atoms with Gasteiger partial charge in [0.15, 0.2) is 0 Å². The molecule has 2 aromatic rings. The second kappa shape index (κ2) is 8.49. The highest BCUT2D eigenvalue weighted by molar-refractivity contribution is 7.09. The van der Waals surface area contributed by atoms with Crippen molar-refractivity contribution in [1.29, 1.82) is 0 Å². The van der Waals surface area contributed by atoms with Gasteiger partial charge in [0.2, 0.25) is 11.8 Å². The summed E-state index contributed by atoms with van der Waals surface area (Å²) in [6.07, 6.45) is 0. The third-order valence-corrected chi connectivity index (χ3v) is 4.44. The van der Waals surface area contributed by atoms with Crippen LogP contribution in [0.15, 0.2) is 41.8 Å². The smallest absolute Gasteiger partial charge is 0.245 e. The number of methoxy groups -OCH3 is 1. The Balaban J connectivity index is 2.22. The topological polar surface area (TPSA) is 58.6 Å². The number of hydrogen-bond donors (Lipinski definition) is 1. The molecule has 128 valence electrons. The number of nitrogens with one attached hydrogen (secondary N) is 1. The number of benzene rings is 1. The molecule has 1 aromatic carbocycles. The van der Waals surface area contributed by atoms with Crippen LogP contribution in [-0.4, -0.2) is 29.9 Å². The molecule has 0 aliphatic rings. The van der Waals surface area contributed by atoms with Crippen molar-refractivity contribution in [3.8, 4) is 5.75 Å². The van der Waals surface area contributed by atoms with E-state index in [1.165, 1.54) is 6.92 Å². The molecule has 0 fully saturated rings. The second-order valence-electron chi connectivity index (χ2n) is 5.51. The maximum atomic E-state index is 12.8. The molecule has 2 amide bonds. The van der Waals surface area contributed by atoms with Gasteiger partial charge in [-0.15, -0.1) is 11.3 Å². The standard InChI is InChI=1S/C18H22N2O3S/c1-13(19-14(2)21)18(22)20(12-16-8-6-10-24-16)11-15-7-4-5-9-17(15)23-3/h4-10,13H,11-12H2,1-3H3,(H,19,21). The Hall–Kier alpha value is -2.34. The Morgan fingerprint density at radius 2 is 1.96 bits per heavy atom. The molecule has 24 heavy (non-hydrogen) atoms. The summed E-state index contributed by atoms with van der Waals surface area (Å²) in [5.41, 5.74) is 0.930. The summed E-state index contributed by atoms with van der Waals surface area (Å²) in [6, 6.07) is 11.0. The van der Waals surface area contributed by atoms with Gasteiger partial charge in [0, 0.05) is 23.9 Å². The minimum absolute atomic E-state index is 0.121. The SMILES string of the molecule is COc1ccccc1CN(Cc1cccs1)C(=O)C(C)NC(C)=O. The van der Waals surface area contributed by atoms with Crippen molar-refractivity contribution in [3.05, 3.63) is 52.2 Å². The number of nitrogens with zero attached hydrogens (tertiary/aromatic N) is 1. The van der Waals surface area contributed by atoms with Gasteiger partial charge < -0.3 is 15.0 Å². The molecule has 0 bridgehead atoms. The molecular weight excluding hydrogens is 324 g/mol. The Morgan fingerprint density at radius 1 is 1.21 bits per heavy atom. The normalized spacial score (nSPS) is 11.6. The number of carbonyl (C=O) groups is 2. The predicted molar refractivity (Wildman–Crippen MR) is 94.8 cm³/mol. The molecule has 2 rings (SSSR count). The zero-order valence-corrected chi connectivity index (χ0v) is 14.9. The summed E-state index contributed by atoms with van der Waals surface area (Å²) >= 11 is 1.60. The average Bonchev–Trinajstić information content (AvgIpc) is 3.06. The first-order valence-electron chi connectivity index (χ1n) is 7.71. The van der Waals surface area contributed by atoms with E-state index in [-0.39, 0.29) is 11.8 Å². The van der Waals surface area contributed by atoms with Gasteiger partial charge in [-0.2, -0.15) is 0 Å². The molecular formula is C18H22N2O3S. The van der Waals surface area contributed by atoms with E-state index in [0.29, 0.717) is 13.1 Å². The molecule has 0 saturated heterocycles. The van der Waals surface area contributed by atoms with Crippen LogP contribution in [0.2, 0.25) is 0 Å². The van der Waals surface area contributed by atoms with E-state index in [1.54, 1.807) is 30.3 Å². The Morgan fingerprint density at radius 3 is 2.58 bits per heavy atom. The summed E-state index contributed by atoms with van der Waals surface area (Å²) in [5, 5.41) is 4.64. The lowest BCUT2D eigenvalue weighted by Gasteiger charge is -2.26. The summed E-state index contributed by atoms with van der Waals surface area (Å²) in [5.74, 6) is 0.405. The zero-order valence-electron chi connectivity index (χ0n) is 14.1. The van der Waals surface area contributed by atoms with E-state index in [4.69, 9.17) is 4.74 Å². The van der Waals surface area contributed by atoms with E-state index < -0.39 is 6.04 Å². The average molecular weight is 346 g/mol. The number of ether oxygens (including phenoxy) is 1. The van der Waals surface area contributed by atoms with Crippen molar-refractivity contribution in [2.24, 2.45) is 0 Å². The molecule has 0 radical (unpaired) electrons. The predicted octanol–water partition coefficient (Wildman–Crippen LogP) is 2.81. The molecule has 1 aromatic heterocycles. The molecule has 1 N–H and O–H groups in total. The fraction of sp³-hybridized carbons (Fsp3) is 0.333. The highest BCUT2D eigenvalue weighted by Crippen LogP contribution is 2.22. The number of para-hydroxylation sites is 1. The van der Waals surface area contributed by atoms with Crippen LogP contribution >= 0.6 is 11.3 Å². The van der Waals surface area contributed by atoms with E-state index >= 15 is 0 Å². The molecule has 1 atom stereocenters. The maximum absolute atomic E-state index is 12.8. The van der Waals surface area contributed by atoms with Crippen molar-refractivity contribution in [3.63, 3.8) is 0 Å². The van der Waals surface area contributed by atoms with Crippen molar-refractivity contribution >= 4 is 23.2 Å². The third-order valence-electron chi connectivity index (χ3n) is 3.58. The van der Waals surface area contributed by atoms with Crippen LogP contribution in [0.4, 0.5) is 0 Å². The quantitative estimate of drug-likeness (QED) is 0.839. The van der Waals surface area contributed by atoms with Crippen molar-refractivity contribution in [2.45, 2.75) is 33.0 Å². The van der Waals surface area contributed by atoms with Crippen LogP contribution in [0.5, 0.6) is 5.75 Å². The molecule has 0 spiro atoms. The summed E-state index contributed by atoms with van der Waals surface area (Å²) < 4.78 is 5.38. The first-order valence-corrected chi connectivity index (χ1v) is 8.59. The molecule has 1 heterocycles. The van der Waals surface area contributed by atoms with Crippen LogP contribution in [0.3, 0.4) is 0 Å². The van der Waals surface area contributed by atoms with Crippen LogP contribution in [0, 0.1) is 0 Å². The number of amides is 2. The van der Waals surface area contributed by atoms with E-state index in [1.807, 2.05) is 41.8 Å². The van der Waals surface area contributed by atoms with E-state index in [2.05, 4.69) is 5.32 Å². The summed E-state index contributed by atoms with van der Waals surface area (Å²) in [7, 11) is 1.62. The minimum Gasteiger partial charge on any atom is -0.496 e. The van der Waals surface area contributed by atoms with E-state index in [0.717, 1.165) is 16.2 Å². The highest BCUT2D eigenvalue weighted by Gasteiger charge is 2.23. The monoisotopic (exact) mass is 346 g/mol. The lowest BCUT2D eigenvalue weighted by atomic mass is 10.1. The Labute approximate surface area is 146 Å². The van der Waals surface area contributed by atoms with Gasteiger partial charge in [-0.05, 0) is 24.4 Å². The van der Waals surface area contributed by atoms with Gasteiger partial charge in [0.1, 0.15) is 11.8 Å². The largest absolute Gasteiger partial charge is 0.496 e. The molecule has 0 aliphatic heterocycles. The van der Waals surface area contributed by atoms with Gasteiger partial charge in [0.05, 0.1) is 13.7 Å². The lowest BCUT2D eigenvalue weighted by molar-refractivity contribution is -0.136. The zero-order chi connectivity index (χ0) is 17.5. The fourth-order valence-corrected chi connectivity index (χ4v) is 3.20. The van der Waals surface area contributed by atoms with Gasteiger partial charge in [0.25, 0.3) is 0 Å². The van der Waals surface area contributed by atoms with E-state index in [9.17, 15) is 9.59 Å². The number of rotatable bonds is 7. The number of thiophene rings is 1.